The van der Waals surface area contributed by atoms with Gasteiger partial charge in [-0.15, -0.1) is 0 Å². The molecule has 2 rings (SSSR count). The zero-order valence-corrected chi connectivity index (χ0v) is 10.2. The lowest BCUT2D eigenvalue weighted by molar-refractivity contribution is -0.272. The summed E-state index contributed by atoms with van der Waals surface area (Å²) in [6, 6.07) is 4.07. The Kier molecular flexibility index (Phi) is 3.71. The van der Waals surface area contributed by atoms with Gasteiger partial charge in [0.1, 0.15) is 5.82 Å². The summed E-state index contributed by atoms with van der Waals surface area (Å²) >= 11 is 0. The van der Waals surface area contributed by atoms with Crippen molar-refractivity contribution in [1.29, 1.82) is 0 Å². The highest BCUT2D eigenvalue weighted by molar-refractivity contribution is 5.45. The smallest absolute Gasteiger partial charge is 0.379 e. The fraction of sp³-hybridized carbons (Fsp3) is 0.538. The molecule has 0 aliphatic heterocycles. The molecule has 0 unspecified atom stereocenters. The summed E-state index contributed by atoms with van der Waals surface area (Å²) in [5, 5.41) is 12.5. The number of halogens is 4. The maximum Gasteiger partial charge on any atom is 0.419 e. The first-order valence-electron chi connectivity index (χ1n) is 6.14. The van der Waals surface area contributed by atoms with Gasteiger partial charge in [-0.3, -0.25) is 0 Å². The summed E-state index contributed by atoms with van der Waals surface area (Å²) in [5.74, 6) is -0.531. The molecule has 1 aromatic rings. The van der Waals surface area contributed by atoms with Crippen molar-refractivity contribution in [2.45, 2.75) is 43.5 Å². The largest absolute Gasteiger partial charge is 0.419 e. The van der Waals surface area contributed by atoms with Crippen molar-refractivity contribution in [1.82, 2.24) is 0 Å². The van der Waals surface area contributed by atoms with E-state index in [1.807, 2.05) is 0 Å². The lowest BCUT2D eigenvalue weighted by atomic mass is 9.79. The van der Waals surface area contributed by atoms with E-state index < -0.39 is 23.6 Å². The van der Waals surface area contributed by atoms with Crippen LogP contribution in [0.1, 0.15) is 25.7 Å². The van der Waals surface area contributed by atoms with Crippen LogP contribution in [0.5, 0.6) is 0 Å². The number of hydrogen-bond acceptors (Lipinski definition) is 2. The highest BCUT2D eigenvalue weighted by atomic mass is 19.4. The van der Waals surface area contributed by atoms with Gasteiger partial charge in [0.25, 0.3) is 0 Å². The Morgan fingerprint density at radius 3 is 2.63 bits per heavy atom. The minimum Gasteiger partial charge on any atom is -0.379 e. The molecule has 0 heterocycles. The van der Waals surface area contributed by atoms with E-state index in [4.69, 9.17) is 0 Å². The average molecular weight is 277 g/mol. The molecule has 106 valence electrons. The van der Waals surface area contributed by atoms with Gasteiger partial charge in [-0.1, -0.05) is 18.9 Å². The first-order valence-corrected chi connectivity index (χ1v) is 6.14. The van der Waals surface area contributed by atoms with E-state index in [0.717, 1.165) is 6.07 Å². The van der Waals surface area contributed by atoms with Crippen LogP contribution in [0.15, 0.2) is 24.3 Å². The molecule has 1 aromatic carbocycles. The highest BCUT2D eigenvalue weighted by Crippen LogP contribution is 2.42. The monoisotopic (exact) mass is 277 g/mol. The lowest BCUT2D eigenvalue weighted by Crippen LogP contribution is -2.58. The molecule has 2 N–H and O–H groups in total. The van der Waals surface area contributed by atoms with E-state index in [1.54, 1.807) is 0 Å². The van der Waals surface area contributed by atoms with Crippen molar-refractivity contribution in [2.75, 3.05) is 5.32 Å². The zero-order valence-electron chi connectivity index (χ0n) is 10.2. The van der Waals surface area contributed by atoms with Crippen LogP contribution >= 0.6 is 0 Å². The number of anilines is 1. The van der Waals surface area contributed by atoms with Crippen molar-refractivity contribution in [3.8, 4) is 0 Å². The summed E-state index contributed by atoms with van der Waals surface area (Å²) < 4.78 is 52.0. The van der Waals surface area contributed by atoms with E-state index in [2.05, 4.69) is 5.32 Å². The number of aliphatic hydroxyl groups is 1. The average Bonchev–Trinajstić information content (AvgIpc) is 2.31. The Bertz CT molecular complexity index is 449. The Labute approximate surface area is 108 Å². The van der Waals surface area contributed by atoms with Gasteiger partial charge in [-0.25, -0.2) is 4.39 Å². The Balaban J connectivity index is 2.21. The molecule has 0 radical (unpaired) electrons. The third kappa shape index (κ3) is 2.83. The summed E-state index contributed by atoms with van der Waals surface area (Å²) in [6.07, 6.45) is -3.89. The number of benzene rings is 1. The molecule has 1 aliphatic carbocycles. The summed E-state index contributed by atoms with van der Waals surface area (Å²) in [6.45, 7) is 0. The van der Waals surface area contributed by atoms with Crippen LogP contribution in [-0.2, 0) is 0 Å². The van der Waals surface area contributed by atoms with Crippen LogP contribution in [-0.4, -0.2) is 22.9 Å². The van der Waals surface area contributed by atoms with Gasteiger partial charge < -0.3 is 10.4 Å². The van der Waals surface area contributed by atoms with E-state index in [9.17, 15) is 22.7 Å². The van der Waals surface area contributed by atoms with E-state index in [0.29, 0.717) is 12.8 Å². The quantitative estimate of drug-likeness (QED) is 0.811. The van der Waals surface area contributed by atoms with Crippen LogP contribution in [0.2, 0.25) is 0 Å². The lowest BCUT2D eigenvalue weighted by Gasteiger charge is -2.41. The molecule has 0 spiro atoms. The van der Waals surface area contributed by atoms with Gasteiger partial charge in [0, 0.05) is 5.69 Å². The predicted octanol–water partition coefficient (Wildman–Crippen LogP) is 3.47. The number of nitrogens with one attached hydrogen (secondary N) is 1. The second-order valence-corrected chi connectivity index (χ2v) is 4.88. The van der Waals surface area contributed by atoms with Crippen molar-refractivity contribution >= 4 is 5.69 Å². The van der Waals surface area contributed by atoms with E-state index >= 15 is 0 Å². The fourth-order valence-electron chi connectivity index (χ4n) is 2.47. The molecule has 0 saturated heterocycles. The minimum atomic E-state index is -4.70. The van der Waals surface area contributed by atoms with Gasteiger partial charge in [0.2, 0.25) is 0 Å². The van der Waals surface area contributed by atoms with Crippen molar-refractivity contribution in [3.05, 3.63) is 30.1 Å². The van der Waals surface area contributed by atoms with Gasteiger partial charge >= 0.3 is 6.18 Å². The van der Waals surface area contributed by atoms with Gasteiger partial charge in [0.05, 0.1) is 6.04 Å². The first kappa shape index (κ1) is 14.1. The predicted molar refractivity (Wildman–Crippen MR) is 63.3 cm³/mol. The Hall–Kier alpha value is -1.30. The van der Waals surface area contributed by atoms with Crippen LogP contribution < -0.4 is 5.32 Å². The number of hydrogen-bond donors (Lipinski definition) is 2. The molecule has 0 amide bonds. The van der Waals surface area contributed by atoms with Crippen molar-refractivity contribution in [2.24, 2.45) is 0 Å². The molecule has 1 saturated carbocycles. The maximum atomic E-state index is 13.0. The summed E-state index contributed by atoms with van der Waals surface area (Å²) in [7, 11) is 0. The highest BCUT2D eigenvalue weighted by Gasteiger charge is 2.59. The third-order valence-corrected chi connectivity index (χ3v) is 3.53. The topological polar surface area (TPSA) is 32.3 Å². The van der Waals surface area contributed by atoms with E-state index in [-0.39, 0.29) is 18.5 Å². The van der Waals surface area contributed by atoms with Crippen LogP contribution in [0, 0.1) is 5.82 Å². The molecule has 1 fully saturated rings. The molecule has 0 aromatic heterocycles. The SMILES string of the molecule is O[C@]1(C(F)(F)F)CCCC[C@H]1Nc1cccc(F)c1. The van der Waals surface area contributed by atoms with Crippen LogP contribution in [0.3, 0.4) is 0 Å². The molecular formula is C13H15F4NO. The second kappa shape index (κ2) is 5.00. The second-order valence-electron chi connectivity index (χ2n) is 4.88. The third-order valence-electron chi connectivity index (χ3n) is 3.53. The Morgan fingerprint density at radius 1 is 1.26 bits per heavy atom. The van der Waals surface area contributed by atoms with Crippen LogP contribution in [0.25, 0.3) is 0 Å². The van der Waals surface area contributed by atoms with Gasteiger partial charge in [0.15, 0.2) is 5.60 Å². The molecule has 2 atom stereocenters. The normalized spacial score (nSPS) is 28.2. The molecule has 6 heteroatoms. The molecule has 0 bridgehead atoms. The zero-order chi connectivity index (χ0) is 14.1. The van der Waals surface area contributed by atoms with Crippen molar-refractivity contribution < 1.29 is 22.7 Å². The molecule has 19 heavy (non-hydrogen) atoms. The maximum absolute atomic E-state index is 13.0. The molecule has 1 aliphatic rings. The fourth-order valence-corrected chi connectivity index (χ4v) is 2.47. The Morgan fingerprint density at radius 2 is 2.00 bits per heavy atom. The summed E-state index contributed by atoms with van der Waals surface area (Å²) in [4.78, 5) is 0. The number of alkyl halides is 3. The van der Waals surface area contributed by atoms with Crippen molar-refractivity contribution in [3.63, 3.8) is 0 Å². The van der Waals surface area contributed by atoms with E-state index in [1.165, 1.54) is 18.2 Å². The minimum absolute atomic E-state index is 0.201. The van der Waals surface area contributed by atoms with Gasteiger partial charge in [-0.2, -0.15) is 13.2 Å². The molecular weight excluding hydrogens is 262 g/mol. The standard InChI is InChI=1S/C13H15F4NO/c14-9-4-3-5-10(8-9)18-11-6-1-2-7-12(11,19)13(15,16)17/h3-5,8,11,18-19H,1-2,6-7H2/t11-,12-/m1/s1. The van der Waals surface area contributed by atoms with Crippen LogP contribution in [0.4, 0.5) is 23.2 Å². The summed E-state index contributed by atoms with van der Waals surface area (Å²) in [5.41, 5.74) is -2.51. The van der Waals surface area contributed by atoms with Gasteiger partial charge in [-0.05, 0) is 31.0 Å². The first-order chi connectivity index (χ1) is 8.83. The molecule has 2 nitrogen and oxygen atoms in total. The number of rotatable bonds is 2.